The van der Waals surface area contributed by atoms with Crippen molar-refractivity contribution < 1.29 is 49.0 Å². The van der Waals surface area contributed by atoms with Crippen molar-refractivity contribution in [1.82, 2.24) is 4.90 Å². The second-order valence-electron chi connectivity index (χ2n) is 9.10. The molecule has 0 spiro atoms. The summed E-state index contributed by atoms with van der Waals surface area (Å²) in [6.45, 7) is 2.07. The van der Waals surface area contributed by atoms with E-state index in [0.29, 0.717) is 51.0 Å². The topological polar surface area (TPSA) is 107 Å². The molecular weight excluding hydrogens is 663 g/mol. The van der Waals surface area contributed by atoms with Crippen molar-refractivity contribution in [2.75, 3.05) is 17.2 Å². The Labute approximate surface area is 273 Å². The van der Waals surface area contributed by atoms with Gasteiger partial charge in [0.2, 0.25) is 0 Å². The minimum atomic E-state index is -1.14. The molecule has 2 unspecified atom stereocenters. The summed E-state index contributed by atoms with van der Waals surface area (Å²) in [7, 11) is 0. The number of benzene rings is 3. The molecule has 1 aliphatic rings. The Hall–Kier alpha value is -1.82. The molecule has 198 valence electrons. The van der Waals surface area contributed by atoms with Crippen LogP contribution < -0.4 is 45.3 Å². The molecule has 0 aliphatic carbocycles. The number of carbonyl (C=O) groups is 3. The summed E-state index contributed by atoms with van der Waals surface area (Å²) < 4.78 is 0.836. The van der Waals surface area contributed by atoms with Crippen LogP contribution in [0.3, 0.4) is 0 Å². The first kappa shape index (κ1) is 31.7. The molecule has 0 saturated heterocycles. The fraction of sp³-hybridized carbons (Fsp3) is 0.250. The van der Waals surface area contributed by atoms with Gasteiger partial charge in [-0.1, -0.05) is 41.4 Å². The van der Waals surface area contributed by atoms with Gasteiger partial charge in [0.1, 0.15) is 6.04 Å². The van der Waals surface area contributed by atoms with Crippen LogP contribution in [0.4, 0.5) is 11.4 Å². The molecule has 0 saturated carbocycles. The molecule has 39 heavy (non-hydrogen) atoms. The fourth-order valence-corrected chi connectivity index (χ4v) is 5.55. The van der Waals surface area contributed by atoms with Crippen molar-refractivity contribution in [2.24, 2.45) is 0 Å². The van der Waals surface area contributed by atoms with Gasteiger partial charge in [0, 0.05) is 31.8 Å². The number of hydrogen-bond acceptors (Lipinski definition) is 5. The molecule has 0 bridgehead atoms. The third kappa shape index (κ3) is 7.10. The number of carbonyl (C=O) groups excluding carboxylic acids is 3. The molecule has 2 N–H and O–H groups in total. The summed E-state index contributed by atoms with van der Waals surface area (Å²) >= 11 is 14.4. The molecule has 1 heterocycles. The average molecular weight is 688 g/mol. The van der Waals surface area contributed by atoms with Crippen molar-refractivity contribution in [3.8, 4) is 0 Å². The largest absolute Gasteiger partial charge is 1.00 e. The van der Waals surface area contributed by atoms with Crippen molar-refractivity contribution in [3.05, 3.63) is 91.0 Å². The van der Waals surface area contributed by atoms with Crippen LogP contribution in [0, 0.1) is 3.57 Å². The zero-order valence-corrected chi connectivity index (χ0v) is 27.2. The number of nitrogens with two attached hydrogens (primary N) is 1. The van der Waals surface area contributed by atoms with Gasteiger partial charge in [-0.2, -0.15) is 0 Å². The minimum Gasteiger partial charge on any atom is -0.550 e. The van der Waals surface area contributed by atoms with Crippen LogP contribution in [0.2, 0.25) is 10.0 Å². The predicted octanol–water partition coefficient (Wildman–Crippen LogP) is 2.40. The number of hydrogen-bond donors (Lipinski definition) is 1. The molecule has 0 radical (unpaired) electrons. The van der Waals surface area contributed by atoms with Gasteiger partial charge in [-0.15, -0.1) is 0 Å². The van der Waals surface area contributed by atoms with E-state index in [1.165, 1.54) is 0 Å². The van der Waals surface area contributed by atoms with Gasteiger partial charge < -0.3 is 25.4 Å². The number of carboxylic acids is 1. The third-order valence-corrected chi connectivity index (χ3v) is 7.77. The number of fused-ring (bicyclic) bond motifs is 1. The SMILES string of the molecule is CC(c1ccc(Cl)cc1N)N1C(=O)c2cc(I)ccc2N(CCCCC(=O)[O-])C(=O)C1c1ccc(Cl)cc1.[Na+]. The quantitative estimate of drug-likeness (QED) is 0.170. The van der Waals surface area contributed by atoms with Crippen LogP contribution in [0.1, 0.15) is 59.8 Å². The van der Waals surface area contributed by atoms with E-state index in [-0.39, 0.29) is 54.3 Å². The predicted molar refractivity (Wildman–Crippen MR) is 155 cm³/mol. The molecule has 4 rings (SSSR count). The summed E-state index contributed by atoms with van der Waals surface area (Å²) in [6, 6.07) is 15.7. The molecule has 7 nitrogen and oxygen atoms in total. The molecule has 0 fully saturated rings. The molecule has 2 amide bonds. The zero-order valence-electron chi connectivity index (χ0n) is 21.5. The Kier molecular flexibility index (Phi) is 11.1. The smallest absolute Gasteiger partial charge is 0.550 e. The number of halogens is 3. The number of carboxylic acid groups (broad SMARTS) is 1. The van der Waals surface area contributed by atoms with E-state index in [0.717, 1.165) is 3.57 Å². The third-order valence-electron chi connectivity index (χ3n) is 6.61. The van der Waals surface area contributed by atoms with Gasteiger partial charge in [-0.3, -0.25) is 9.59 Å². The summed E-state index contributed by atoms with van der Waals surface area (Å²) in [5, 5.41) is 11.9. The Bertz CT molecular complexity index is 1390. The van der Waals surface area contributed by atoms with Gasteiger partial charge in [0.15, 0.2) is 0 Å². The van der Waals surface area contributed by atoms with E-state index in [9.17, 15) is 19.5 Å². The molecule has 3 aromatic carbocycles. The Morgan fingerprint density at radius 2 is 1.69 bits per heavy atom. The first-order valence-electron chi connectivity index (χ1n) is 12.0. The molecular formula is C28H25Cl2IN3NaO4. The Balaban J connectivity index is 0.00000420. The summed E-state index contributed by atoms with van der Waals surface area (Å²) in [5.74, 6) is -1.78. The van der Waals surface area contributed by atoms with Gasteiger partial charge >= 0.3 is 29.6 Å². The van der Waals surface area contributed by atoms with E-state index in [1.54, 1.807) is 64.4 Å². The van der Waals surface area contributed by atoms with Crippen molar-refractivity contribution in [3.63, 3.8) is 0 Å². The van der Waals surface area contributed by atoms with Crippen LogP contribution in [-0.4, -0.2) is 29.2 Å². The van der Waals surface area contributed by atoms with E-state index in [4.69, 9.17) is 28.9 Å². The maximum Gasteiger partial charge on any atom is 1.00 e. The number of aliphatic carboxylic acids is 1. The fourth-order valence-electron chi connectivity index (χ4n) is 4.75. The van der Waals surface area contributed by atoms with Crippen molar-refractivity contribution >= 4 is 75.0 Å². The Morgan fingerprint density at radius 1 is 1.03 bits per heavy atom. The summed E-state index contributed by atoms with van der Waals surface area (Å²) in [6.07, 6.45) is 0.652. The van der Waals surface area contributed by atoms with E-state index < -0.39 is 18.1 Å². The number of rotatable bonds is 8. The molecule has 11 heteroatoms. The van der Waals surface area contributed by atoms with Crippen LogP contribution >= 0.6 is 45.8 Å². The maximum atomic E-state index is 14.4. The molecule has 0 aromatic heterocycles. The standard InChI is InChI=1S/C28H26Cl2IN3O4.Na/c1-16(21-11-9-19(30)14-23(21)32)34-26(17-5-7-18(29)8-6-17)28(38)33(13-3-2-4-25(35)36)24-12-10-20(31)15-22(24)27(34)37;/h5-12,14-16,26H,2-4,13,32H2,1H3,(H,35,36);/q;+1/p-1. The van der Waals surface area contributed by atoms with Crippen LogP contribution in [0.15, 0.2) is 60.7 Å². The molecule has 1 aliphatic heterocycles. The van der Waals surface area contributed by atoms with Crippen molar-refractivity contribution in [1.29, 1.82) is 0 Å². The van der Waals surface area contributed by atoms with Gasteiger partial charge in [0.05, 0.1) is 17.3 Å². The summed E-state index contributed by atoms with van der Waals surface area (Å²) in [4.78, 5) is 42.7. The number of nitrogen functional groups attached to an aromatic ring is 1. The number of anilines is 2. The maximum absolute atomic E-state index is 14.4. The first-order valence-corrected chi connectivity index (χ1v) is 13.9. The molecule has 2 atom stereocenters. The average Bonchev–Trinajstić information content (AvgIpc) is 2.95. The molecule has 3 aromatic rings. The zero-order chi connectivity index (χ0) is 27.6. The second-order valence-corrected chi connectivity index (χ2v) is 11.2. The van der Waals surface area contributed by atoms with E-state index in [1.807, 2.05) is 13.0 Å². The summed E-state index contributed by atoms with van der Waals surface area (Å²) in [5.41, 5.74) is 8.83. The first-order chi connectivity index (χ1) is 18.1. The van der Waals surface area contributed by atoms with Crippen molar-refractivity contribution in [2.45, 2.75) is 38.3 Å². The number of unbranched alkanes of at least 4 members (excludes halogenated alkanes) is 1. The van der Waals surface area contributed by atoms with Gasteiger partial charge in [-0.25, -0.2) is 0 Å². The number of nitrogens with zero attached hydrogens (tertiary/aromatic N) is 2. The number of amides is 2. The normalized spacial score (nSPS) is 15.8. The van der Waals surface area contributed by atoms with E-state index >= 15 is 0 Å². The van der Waals surface area contributed by atoms with Gasteiger partial charge in [0.25, 0.3) is 11.8 Å². The Morgan fingerprint density at radius 3 is 2.33 bits per heavy atom. The minimum absolute atomic E-state index is 0. The second kappa shape index (κ2) is 13.7. The van der Waals surface area contributed by atoms with Crippen LogP contribution in [0.5, 0.6) is 0 Å². The van der Waals surface area contributed by atoms with Crippen LogP contribution in [0.25, 0.3) is 0 Å². The van der Waals surface area contributed by atoms with E-state index in [2.05, 4.69) is 22.6 Å². The van der Waals surface area contributed by atoms with Gasteiger partial charge in [-0.05, 0) is 102 Å². The monoisotopic (exact) mass is 687 g/mol. The van der Waals surface area contributed by atoms with Crippen LogP contribution in [-0.2, 0) is 9.59 Å².